The van der Waals surface area contributed by atoms with Crippen molar-refractivity contribution in [2.45, 2.75) is 39.2 Å². The van der Waals surface area contributed by atoms with Crippen molar-refractivity contribution in [3.05, 3.63) is 47.8 Å². The Morgan fingerprint density at radius 3 is 2.60 bits per heavy atom. The normalized spacial score (nSPS) is 12.3. The number of aromatic nitrogens is 2. The van der Waals surface area contributed by atoms with Crippen LogP contribution >= 0.6 is 0 Å². The molecule has 106 valence electrons. The van der Waals surface area contributed by atoms with E-state index in [4.69, 9.17) is 5.73 Å². The molecule has 1 aromatic carbocycles. The number of hydrogen-bond donors (Lipinski definition) is 1. The lowest BCUT2D eigenvalue weighted by atomic mass is 10.1. The molecule has 0 amide bonds. The smallest absolute Gasteiger partial charge is 0.143 e. The molecule has 2 N–H and O–H groups in total. The number of rotatable bonds is 6. The average molecular weight is 271 g/mol. The van der Waals surface area contributed by atoms with Crippen molar-refractivity contribution < 1.29 is 4.79 Å². The number of nitrogen functional groups attached to an aromatic ring is 1. The third-order valence-electron chi connectivity index (χ3n) is 3.47. The first kappa shape index (κ1) is 14.3. The molecule has 0 radical (unpaired) electrons. The van der Waals surface area contributed by atoms with Crippen LogP contribution in [0.25, 0.3) is 0 Å². The monoisotopic (exact) mass is 271 g/mol. The summed E-state index contributed by atoms with van der Waals surface area (Å²) in [6.45, 7) is 4.24. The van der Waals surface area contributed by atoms with Gasteiger partial charge in [0.1, 0.15) is 5.78 Å². The van der Waals surface area contributed by atoms with Gasteiger partial charge in [-0.3, -0.25) is 9.48 Å². The zero-order valence-corrected chi connectivity index (χ0v) is 12.0. The van der Waals surface area contributed by atoms with Crippen LogP contribution in [-0.2, 0) is 17.6 Å². The first-order chi connectivity index (χ1) is 9.58. The van der Waals surface area contributed by atoms with Gasteiger partial charge >= 0.3 is 0 Å². The maximum Gasteiger partial charge on any atom is 0.143 e. The second-order valence-corrected chi connectivity index (χ2v) is 5.18. The van der Waals surface area contributed by atoms with Crippen LogP contribution in [0.2, 0.25) is 0 Å². The van der Waals surface area contributed by atoms with Crippen LogP contribution < -0.4 is 5.73 Å². The molecule has 0 aliphatic rings. The molecule has 20 heavy (non-hydrogen) atoms. The van der Waals surface area contributed by atoms with Crippen LogP contribution in [0.15, 0.2) is 36.5 Å². The summed E-state index contributed by atoms with van der Waals surface area (Å²) in [5.74, 6) is 0.171. The number of benzene rings is 1. The first-order valence-electron chi connectivity index (χ1n) is 6.98. The molecular formula is C16H21N3O. The van der Waals surface area contributed by atoms with Gasteiger partial charge in [-0.05, 0) is 37.1 Å². The van der Waals surface area contributed by atoms with Gasteiger partial charge in [-0.15, -0.1) is 0 Å². The van der Waals surface area contributed by atoms with E-state index in [9.17, 15) is 4.79 Å². The first-order valence-corrected chi connectivity index (χ1v) is 6.98. The van der Waals surface area contributed by atoms with E-state index >= 15 is 0 Å². The summed E-state index contributed by atoms with van der Waals surface area (Å²) in [5, 5.41) is 4.45. The molecule has 0 spiro atoms. The predicted octanol–water partition coefficient (Wildman–Crippen LogP) is 2.79. The summed E-state index contributed by atoms with van der Waals surface area (Å²) in [6.07, 6.45) is 3.78. The fourth-order valence-corrected chi connectivity index (χ4v) is 2.03. The molecule has 1 heterocycles. The number of ketones is 1. The van der Waals surface area contributed by atoms with Gasteiger partial charge in [0.25, 0.3) is 0 Å². The van der Waals surface area contributed by atoms with Crippen LogP contribution in [0.4, 0.5) is 5.69 Å². The predicted molar refractivity (Wildman–Crippen MR) is 80.5 cm³/mol. The number of carbonyl (C=O) groups is 1. The van der Waals surface area contributed by atoms with Crippen LogP contribution in [0.1, 0.15) is 37.6 Å². The topological polar surface area (TPSA) is 60.9 Å². The summed E-state index contributed by atoms with van der Waals surface area (Å²) in [7, 11) is 0. The molecule has 0 saturated carbocycles. The fourth-order valence-electron chi connectivity index (χ4n) is 2.03. The highest BCUT2D eigenvalue weighted by Gasteiger charge is 2.09. The Morgan fingerprint density at radius 2 is 1.95 bits per heavy atom. The van der Waals surface area contributed by atoms with E-state index in [0.29, 0.717) is 24.6 Å². The van der Waals surface area contributed by atoms with Gasteiger partial charge in [0.05, 0.1) is 12.1 Å². The minimum atomic E-state index is 0.171. The largest absolute Gasteiger partial charge is 0.399 e. The number of hydrogen-bond acceptors (Lipinski definition) is 3. The number of nitrogens with zero attached hydrogens (tertiary/aromatic N) is 2. The lowest BCUT2D eigenvalue weighted by molar-refractivity contribution is -0.117. The average Bonchev–Trinajstić information content (AvgIpc) is 2.89. The van der Waals surface area contributed by atoms with Gasteiger partial charge in [-0.1, -0.05) is 19.1 Å². The Hall–Kier alpha value is -2.10. The van der Waals surface area contributed by atoms with E-state index < -0.39 is 0 Å². The fraction of sp³-hybridized carbons (Fsp3) is 0.375. The van der Waals surface area contributed by atoms with Crippen LogP contribution in [0.3, 0.4) is 0 Å². The minimum absolute atomic E-state index is 0.171. The SMILES string of the molecule is CCC(C)n1ccc(CC(=O)Cc2ccc(N)cc2)n1. The third kappa shape index (κ3) is 3.70. The van der Waals surface area contributed by atoms with E-state index in [-0.39, 0.29) is 5.78 Å². The molecular weight excluding hydrogens is 250 g/mol. The Labute approximate surface area is 119 Å². The van der Waals surface area contributed by atoms with Crippen molar-refractivity contribution in [2.24, 2.45) is 0 Å². The van der Waals surface area contributed by atoms with Crippen molar-refractivity contribution in [2.75, 3.05) is 5.73 Å². The molecule has 1 unspecified atom stereocenters. The molecule has 2 aromatic rings. The number of anilines is 1. The maximum atomic E-state index is 12.0. The van der Waals surface area contributed by atoms with Gasteiger partial charge < -0.3 is 5.73 Å². The Morgan fingerprint density at radius 1 is 1.25 bits per heavy atom. The molecule has 2 rings (SSSR count). The third-order valence-corrected chi connectivity index (χ3v) is 3.47. The molecule has 4 heteroatoms. The maximum absolute atomic E-state index is 12.0. The molecule has 0 saturated heterocycles. The summed E-state index contributed by atoms with van der Waals surface area (Å²) in [6, 6.07) is 9.72. The number of Topliss-reactive ketones (excluding diaryl/α,β-unsaturated/α-hetero) is 1. The molecule has 0 aliphatic carbocycles. The van der Waals surface area contributed by atoms with E-state index in [0.717, 1.165) is 17.7 Å². The Kier molecular flexibility index (Phi) is 4.56. The van der Waals surface area contributed by atoms with E-state index in [2.05, 4.69) is 18.9 Å². The van der Waals surface area contributed by atoms with Gasteiger partial charge in [0.2, 0.25) is 0 Å². The zero-order chi connectivity index (χ0) is 14.5. The summed E-state index contributed by atoms with van der Waals surface area (Å²) >= 11 is 0. The molecule has 1 aromatic heterocycles. The van der Waals surface area contributed by atoms with Crippen molar-refractivity contribution in [1.29, 1.82) is 0 Å². The Bertz CT molecular complexity index is 572. The molecule has 0 bridgehead atoms. The van der Waals surface area contributed by atoms with E-state index in [1.165, 1.54) is 0 Å². The Balaban J connectivity index is 1.94. The van der Waals surface area contributed by atoms with Gasteiger partial charge in [-0.2, -0.15) is 5.10 Å². The minimum Gasteiger partial charge on any atom is -0.399 e. The second-order valence-electron chi connectivity index (χ2n) is 5.18. The van der Waals surface area contributed by atoms with E-state index in [1.54, 1.807) is 0 Å². The summed E-state index contributed by atoms with van der Waals surface area (Å²) < 4.78 is 1.92. The number of carbonyl (C=O) groups excluding carboxylic acids is 1. The van der Waals surface area contributed by atoms with Crippen molar-refractivity contribution in [3.8, 4) is 0 Å². The second kappa shape index (κ2) is 6.37. The number of nitrogens with two attached hydrogens (primary N) is 1. The van der Waals surface area contributed by atoms with Crippen molar-refractivity contribution in [3.63, 3.8) is 0 Å². The van der Waals surface area contributed by atoms with Crippen LogP contribution in [0.5, 0.6) is 0 Å². The highest BCUT2D eigenvalue weighted by Crippen LogP contribution is 2.11. The van der Waals surface area contributed by atoms with Gasteiger partial charge in [0.15, 0.2) is 0 Å². The van der Waals surface area contributed by atoms with Crippen LogP contribution in [0, 0.1) is 0 Å². The standard InChI is InChI=1S/C16H21N3O/c1-3-12(2)19-9-8-15(18-19)11-16(20)10-13-4-6-14(17)7-5-13/h4-9,12H,3,10-11,17H2,1-2H3. The lowest BCUT2D eigenvalue weighted by Crippen LogP contribution is -2.09. The molecule has 1 atom stereocenters. The van der Waals surface area contributed by atoms with Gasteiger partial charge in [0, 0.05) is 24.3 Å². The highest BCUT2D eigenvalue weighted by atomic mass is 16.1. The van der Waals surface area contributed by atoms with Gasteiger partial charge in [-0.25, -0.2) is 0 Å². The van der Waals surface area contributed by atoms with Crippen LogP contribution in [-0.4, -0.2) is 15.6 Å². The molecule has 0 aliphatic heterocycles. The zero-order valence-electron chi connectivity index (χ0n) is 12.0. The highest BCUT2D eigenvalue weighted by molar-refractivity contribution is 5.82. The van der Waals surface area contributed by atoms with Crippen molar-refractivity contribution >= 4 is 11.5 Å². The molecule has 0 fully saturated rings. The summed E-state index contributed by atoms with van der Waals surface area (Å²) in [5.41, 5.74) is 8.17. The quantitative estimate of drug-likeness (QED) is 0.822. The molecule has 4 nitrogen and oxygen atoms in total. The van der Waals surface area contributed by atoms with Crippen molar-refractivity contribution in [1.82, 2.24) is 9.78 Å². The summed E-state index contributed by atoms with van der Waals surface area (Å²) in [4.78, 5) is 12.0. The lowest BCUT2D eigenvalue weighted by Gasteiger charge is -2.08. The van der Waals surface area contributed by atoms with E-state index in [1.807, 2.05) is 41.2 Å².